The van der Waals surface area contributed by atoms with Gasteiger partial charge in [-0.3, -0.25) is 20.1 Å². The van der Waals surface area contributed by atoms with Gasteiger partial charge in [-0.05, 0) is 63.8 Å². The molecule has 3 aliphatic rings. The van der Waals surface area contributed by atoms with Crippen molar-refractivity contribution in [2.75, 3.05) is 25.0 Å². The predicted octanol–water partition coefficient (Wildman–Crippen LogP) is 3.78. The summed E-state index contributed by atoms with van der Waals surface area (Å²) in [7, 11) is 1.90. The number of aryl methyl sites for hydroxylation is 1. The zero-order chi connectivity index (χ0) is 24.5. The van der Waals surface area contributed by atoms with E-state index in [9.17, 15) is 4.79 Å². The van der Waals surface area contributed by atoms with E-state index in [-0.39, 0.29) is 18.2 Å². The van der Waals surface area contributed by atoms with E-state index in [1.807, 2.05) is 37.1 Å². The Morgan fingerprint density at radius 3 is 2.74 bits per heavy atom. The highest BCUT2D eigenvalue weighted by atomic mass is 35.5. The number of nitrogens with one attached hydrogen (secondary N) is 2. The second-order valence-corrected chi connectivity index (χ2v) is 10.0. The van der Waals surface area contributed by atoms with Crippen LogP contribution in [0.15, 0.2) is 54.1 Å². The van der Waals surface area contributed by atoms with Crippen molar-refractivity contribution < 1.29 is 4.79 Å². The molecule has 0 bridgehead atoms. The monoisotopic (exact) mass is 493 g/mol. The summed E-state index contributed by atoms with van der Waals surface area (Å²) in [5.74, 6) is 1.30. The number of dihydropyridines is 1. The van der Waals surface area contributed by atoms with E-state index >= 15 is 0 Å². The van der Waals surface area contributed by atoms with Crippen LogP contribution >= 0.6 is 11.6 Å². The van der Waals surface area contributed by atoms with E-state index < -0.39 is 0 Å². The van der Waals surface area contributed by atoms with Gasteiger partial charge in [-0.15, -0.1) is 0 Å². The second kappa shape index (κ2) is 9.97. The van der Waals surface area contributed by atoms with Crippen LogP contribution in [0.25, 0.3) is 11.3 Å². The van der Waals surface area contributed by atoms with Crippen molar-refractivity contribution in [3.05, 3.63) is 64.9 Å². The smallest absolute Gasteiger partial charge is 0.330 e. The molecule has 2 aliphatic heterocycles. The SMILES string of the molecule is CNC1C=CC2=C(N1)N(C[C@H]1CC[C@H](N)CC1)C(=O)N(c1ccc(-c3cncc(C)n3)cc1Cl)C2. The first kappa shape index (κ1) is 23.8. The van der Waals surface area contributed by atoms with Gasteiger partial charge in [0.1, 0.15) is 5.82 Å². The van der Waals surface area contributed by atoms with Gasteiger partial charge in [0.25, 0.3) is 0 Å². The molecule has 184 valence electrons. The van der Waals surface area contributed by atoms with Crippen molar-refractivity contribution in [1.82, 2.24) is 25.5 Å². The Balaban J connectivity index is 1.45. The van der Waals surface area contributed by atoms with Gasteiger partial charge in [0, 0.05) is 29.9 Å². The molecule has 3 heterocycles. The van der Waals surface area contributed by atoms with Crippen LogP contribution in [-0.2, 0) is 0 Å². The highest BCUT2D eigenvalue weighted by Crippen LogP contribution is 2.36. The fraction of sp³-hybridized carbons (Fsp3) is 0.423. The van der Waals surface area contributed by atoms with Gasteiger partial charge in [0.05, 0.1) is 41.0 Å². The average Bonchev–Trinajstić information content (AvgIpc) is 2.86. The lowest BCUT2D eigenvalue weighted by atomic mass is 9.86. The van der Waals surface area contributed by atoms with Gasteiger partial charge in [0.15, 0.2) is 0 Å². The topological polar surface area (TPSA) is 99.4 Å². The maximum Gasteiger partial charge on any atom is 0.330 e. The Morgan fingerprint density at radius 1 is 1.23 bits per heavy atom. The molecular formula is C26H32ClN7O. The van der Waals surface area contributed by atoms with Crippen molar-refractivity contribution >= 4 is 23.3 Å². The highest BCUT2D eigenvalue weighted by molar-refractivity contribution is 6.34. The Bertz CT molecular complexity index is 1170. The summed E-state index contributed by atoms with van der Waals surface area (Å²) in [5.41, 5.74) is 10.3. The number of likely N-dealkylation sites (N-methyl/N-ethyl adjacent to an activating group) is 1. The summed E-state index contributed by atoms with van der Waals surface area (Å²) in [4.78, 5) is 26.3. The number of hydrogen-bond donors (Lipinski definition) is 3. The predicted molar refractivity (Wildman–Crippen MR) is 139 cm³/mol. The third-order valence-electron chi connectivity index (χ3n) is 7.08. The van der Waals surface area contributed by atoms with Crippen molar-refractivity contribution in [3.63, 3.8) is 0 Å². The molecule has 1 fully saturated rings. The van der Waals surface area contributed by atoms with Crippen LogP contribution in [0, 0.1) is 12.8 Å². The number of carbonyl (C=O) groups is 1. The van der Waals surface area contributed by atoms with Crippen LogP contribution in [0.3, 0.4) is 0 Å². The summed E-state index contributed by atoms with van der Waals surface area (Å²) in [6.07, 6.45) is 11.7. The van der Waals surface area contributed by atoms with Crippen molar-refractivity contribution in [1.29, 1.82) is 0 Å². The van der Waals surface area contributed by atoms with E-state index in [0.29, 0.717) is 29.7 Å². The standard InChI is InChI=1S/C26H32ClN7O/c1-16-12-30-13-22(31-16)18-5-9-23(21(27)11-18)33-15-19-6-10-24(29-2)32-25(19)34(26(33)35)14-17-3-7-20(28)8-4-17/h5-6,9-13,17,20,24,29,32H,3-4,7-8,14-15,28H2,1-2H3/t17-,20-,24?. The minimum Gasteiger partial charge on any atom is -0.352 e. The molecule has 1 aromatic carbocycles. The molecule has 35 heavy (non-hydrogen) atoms. The second-order valence-electron chi connectivity index (χ2n) is 9.62. The zero-order valence-corrected chi connectivity index (χ0v) is 20.9. The van der Waals surface area contributed by atoms with Crippen LogP contribution < -0.4 is 21.3 Å². The third-order valence-corrected chi connectivity index (χ3v) is 7.38. The molecule has 0 spiro atoms. The molecule has 9 heteroatoms. The first-order valence-corrected chi connectivity index (χ1v) is 12.6. The molecule has 2 amide bonds. The maximum absolute atomic E-state index is 13.9. The lowest BCUT2D eigenvalue weighted by molar-refractivity contribution is 0.188. The highest BCUT2D eigenvalue weighted by Gasteiger charge is 2.37. The van der Waals surface area contributed by atoms with Gasteiger partial charge >= 0.3 is 6.03 Å². The fourth-order valence-electron chi connectivity index (χ4n) is 5.08. The summed E-state index contributed by atoms with van der Waals surface area (Å²) in [6, 6.07) is 5.91. The van der Waals surface area contributed by atoms with Crippen molar-refractivity contribution in [2.45, 2.75) is 44.8 Å². The van der Waals surface area contributed by atoms with Crippen LogP contribution in [0.4, 0.5) is 10.5 Å². The van der Waals surface area contributed by atoms with Gasteiger partial charge in [-0.25, -0.2) is 9.78 Å². The van der Waals surface area contributed by atoms with E-state index in [4.69, 9.17) is 17.3 Å². The Hall–Kier alpha value is -2.94. The number of rotatable bonds is 5. The normalized spacial score (nSPS) is 24.5. The Labute approximate surface area is 211 Å². The van der Waals surface area contributed by atoms with E-state index in [1.54, 1.807) is 17.3 Å². The Kier molecular flexibility index (Phi) is 6.77. The van der Waals surface area contributed by atoms with Crippen molar-refractivity contribution in [3.8, 4) is 11.3 Å². The Morgan fingerprint density at radius 2 is 2.03 bits per heavy atom. The molecule has 1 saturated carbocycles. The number of benzene rings is 1. The van der Waals surface area contributed by atoms with E-state index in [0.717, 1.165) is 54.0 Å². The molecule has 0 radical (unpaired) electrons. The average molecular weight is 494 g/mol. The first-order chi connectivity index (χ1) is 16.9. The van der Waals surface area contributed by atoms with Gasteiger partial charge in [-0.1, -0.05) is 23.7 Å². The molecule has 1 unspecified atom stereocenters. The summed E-state index contributed by atoms with van der Waals surface area (Å²) < 4.78 is 0. The number of carbonyl (C=O) groups excluding carboxylic acids is 1. The minimum atomic E-state index is -0.0683. The number of hydrogen-bond acceptors (Lipinski definition) is 6. The molecular weight excluding hydrogens is 462 g/mol. The van der Waals surface area contributed by atoms with Crippen LogP contribution in [0.2, 0.25) is 5.02 Å². The van der Waals surface area contributed by atoms with E-state index in [1.165, 1.54) is 0 Å². The summed E-state index contributed by atoms with van der Waals surface area (Å²) in [5, 5.41) is 7.23. The maximum atomic E-state index is 13.9. The third kappa shape index (κ3) is 4.91. The quantitative estimate of drug-likeness (QED) is 0.586. The molecule has 4 N–H and O–H groups in total. The lowest BCUT2D eigenvalue weighted by Gasteiger charge is -2.43. The number of aromatic nitrogens is 2. The van der Waals surface area contributed by atoms with Gasteiger partial charge < -0.3 is 11.1 Å². The van der Waals surface area contributed by atoms with Crippen LogP contribution in [0.1, 0.15) is 31.4 Å². The largest absolute Gasteiger partial charge is 0.352 e. The van der Waals surface area contributed by atoms with E-state index in [2.05, 4.69) is 32.8 Å². The molecule has 8 nitrogen and oxygen atoms in total. The number of urea groups is 1. The number of halogens is 1. The lowest BCUT2D eigenvalue weighted by Crippen LogP contribution is -2.56. The molecule has 1 atom stereocenters. The molecule has 5 rings (SSSR count). The zero-order valence-electron chi connectivity index (χ0n) is 20.2. The molecule has 0 saturated heterocycles. The van der Waals surface area contributed by atoms with Crippen molar-refractivity contribution in [2.24, 2.45) is 11.7 Å². The van der Waals surface area contributed by atoms with Gasteiger partial charge in [-0.2, -0.15) is 0 Å². The van der Waals surface area contributed by atoms with Crippen LogP contribution in [-0.4, -0.2) is 53.2 Å². The summed E-state index contributed by atoms with van der Waals surface area (Å²) >= 11 is 6.76. The summed E-state index contributed by atoms with van der Waals surface area (Å²) in [6.45, 7) is 3.01. The fourth-order valence-corrected chi connectivity index (χ4v) is 5.36. The molecule has 1 aromatic heterocycles. The minimum absolute atomic E-state index is 0.0197. The van der Waals surface area contributed by atoms with Crippen LogP contribution in [0.5, 0.6) is 0 Å². The number of nitrogens with zero attached hydrogens (tertiary/aromatic N) is 4. The number of amides is 2. The first-order valence-electron chi connectivity index (χ1n) is 12.2. The molecule has 2 aromatic rings. The molecule has 1 aliphatic carbocycles. The van der Waals surface area contributed by atoms with Gasteiger partial charge in [0.2, 0.25) is 0 Å². The number of nitrogens with two attached hydrogens (primary N) is 1. The number of anilines is 1.